The Morgan fingerprint density at radius 1 is 1.26 bits per heavy atom. The summed E-state index contributed by atoms with van der Waals surface area (Å²) in [6.45, 7) is 13.7. The van der Waals surface area contributed by atoms with Crippen molar-refractivity contribution in [2.75, 3.05) is 26.3 Å². The van der Waals surface area contributed by atoms with Gasteiger partial charge in [0.05, 0.1) is 0 Å². The molecule has 2 aliphatic rings. The molecular formula is C16H32N2O. The van der Waals surface area contributed by atoms with E-state index in [4.69, 9.17) is 4.74 Å². The van der Waals surface area contributed by atoms with Crippen molar-refractivity contribution >= 4 is 0 Å². The van der Waals surface area contributed by atoms with Crippen molar-refractivity contribution in [1.82, 2.24) is 10.2 Å². The topological polar surface area (TPSA) is 24.5 Å². The zero-order valence-corrected chi connectivity index (χ0v) is 13.2. The van der Waals surface area contributed by atoms with Crippen LogP contribution in [0.4, 0.5) is 0 Å². The lowest BCUT2D eigenvalue weighted by Gasteiger charge is -2.50. The van der Waals surface area contributed by atoms with Gasteiger partial charge in [-0.25, -0.2) is 0 Å². The first-order valence-electron chi connectivity index (χ1n) is 8.20. The van der Waals surface area contributed by atoms with Gasteiger partial charge in [0.15, 0.2) is 0 Å². The van der Waals surface area contributed by atoms with E-state index in [0.29, 0.717) is 17.6 Å². The molecule has 2 unspecified atom stereocenters. The molecule has 0 aromatic heterocycles. The third-order valence-electron chi connectivity index (χ3n) is 5.65. The van der Waals surface area contributed by atoms with Gasteiger partial charge in [0.1, 0.15) is 0 Å². The summed E-state index contributed by atoms with van der Waals surface area (Å²) < 4.78 is 5.52. The molecule has 112 valence electrons. The first-order valence-corrected chi connectivity index (χ1v) is 8.20. The van der Waals surface area contributed by atoms with Gasteiger partial charge in [0.25, 0.3) is 0 Å². The molecule has 3 heteroatoms. The summed E-state index contributed by atoms with van der Waals surface area (Å²) >= 11 is 0. The van der Waals surface area contributed by atoms with Crippen molar-refractivity contribution in [2.45, 2.75) is 71.0 Å². The second-order valence-electron chi connectivity index (χ2n) is 6.58. The van der Waals surface area contributed by atoms with Crippen LogP contribution in [0.2, 0.25) is 0 Å². The molecule has 2 fully saturated rings. The molecule has 2 rings (SSSR count). The molecule has 0 aliphatic carbocycles. The molecule has 0 saturated carbocycles. The maximum Gasteiger partial charge on any atom is 0.0469 e. The summed E-state index contributed by atoms with van der Waals surface area (Å²) in [6.07, 6.45) is 4.94. The highest BCUT2D eigenvalue weighted by atomic mass is 16.5. The fourth-order valence-electron chi connectivity index (χ4n) is 3.78. The second kappa shape index (κ2) is 6.55. The predicted molar refractivity (Wildman–Crippen MR) is 80.5 cm³/mol. The number of piperazine rings is 1. The van der Waals surface area contributed by atoms with Gasteiger partial charge in [-0.05, 0) is 45.4 Å². The van der Waals surface area contributed by atoms with Crippen LogP contribution in [0.25, 0.3) is 0 Å². The molecule has 2 heterocycles. The lowest BCUT2D eigenvalue weighted by molar-refractivity contribution is -0.00931. The molecule has 0 bridgehead atoms. The Morgan fingerprint density at radius 2 is 1.89 bits per heavy atom. The van der Waals surface area contributed by atoms with E-state index in [1.807, 2.05) is 0 Å². The normalized spacial score (nSPS) is 31.3. The van der Waals surface area contributed by atoms with Gasteiger partial charge in [-0.1, -0.05) is 13.8 Å². The average Bonchev–Trinajstić information content (AvgIpc) is 2.48. The number of hydrogen-bond donors (Lipinski definition) is 1. The van der Waals surface area contributed by atoms with Gasteiger partial charge in [0, 0.05) is 43.9 Å². The zero-order valence-electron chi connectivity index (χ0n) is 13.2. The van der Waals surface area contributed by atoms with Crippen LogP contribution < -0.4 is 5.32 Å². The maximum absolute atomic E-state index is 5.52. The SMILES string of the molecule is CCC1(CC)CN(C(C)C2CCOCC2)C(C)CN1. The highest BCUT2D eigenvalue weighted by Crippen LogP contribution is 2.29. The fraction of sp³-hybridized carbons (Fsp3) is 1.00. The summed E-state index contributed by atoms with van der Waals surface area (Å²) in [5.74, 6) is 0.820. The smallest absolute Gasteiger partial charge is 0.0469 e. The van der Waals surface area contributed by atoms with Gasteiger partial charge in [-0.3, -0.25) is 4.90 Å². The Hall–Kier alpha value is -0.120. The molecule has 3 nitrogen and oxygen atoms in total. The molecular weight excluding hydrogens is 236 g/mol. The van der Waals surface area contributed by atoms with Crippen LogP contribution in [0.3, 0.4) is 0 Å². The lowest BCUT2D eigenvalue weighted by Crippen LogP contribution is -2.65. The number of nitrogens with zero attached hydrogens (tertiary/aromatic N) is 1. The molecule has 0 aromatic rings. The van der Waals surface area contributed by atoms with Crippen LogP contribution >= 0.6 is 0 Å². The minimum absolute atomic E-state index is 0.339. The highest BCUT2D eigenvalue weighted by Gasteiger charge is 2.38. The van der Waals surface area contributed by atoms with Gasteiger partial charge in [-0.2, -0.15) is 0 Å². The number of ether oxygens (including phenoxy) is 1. The summed E-state index contributed by atoms with van der Waals surface area (Å²) in [5.41, 5.74) is 0.339. The van der Waals surface area contributed by atoms with E-state index in [0.717, 1.165) is 25.7 Å². The summed E-state index contributed by atoms with van der Waals surface area (Å²) in [6, 6.07) is 1.35. The quantitative estimate of drug-likeness (QED) is 0.848. The van der Waals surface area contributed by atoms with E-state index in [1.165, 1.54) is 32.2 Å². The first kappa shape index (κ1) is 15.3. The minimum Gasteiger partial charge on any atom is -0.381 e. The van der Waals surface area contributed by atoms with Crippen LogP contribution in [0.15, 0.2) is 0 Å². The highest BCUT2D eigenvalue weighted by molar-refractivity contribution is 4.98. The molecule has 2 aliphatic heterocycles. The second-order valence-corrected chi connectivity index (χ2v) is 6.58. The molecule has 0 amide bonds. The van der Waals surface area contributed by atoms with E-state index in [9.17, 15) is 0 Å². The minimum atomic E-state index is 0.339. The van der Waals surface area contributed by atoms with Crippen LogP contribution in [-0.2, 0) is 4.74 Å². The summed E-state index contributed by atoms with van der Waals surface area (Å²) in [5, 5.41) is 3.80. The van der Waals surface area contributed by atoms with Gasteiger partial charge in [-0.15, -0.1) is 0 Å². The van der Waals surface area contributed by atoms with Crippen molar-refractivity contribution in [2.24, 2.45) is 5.92 Å². The molecule has 2 saturated heterocycles. The average molecular weight is 268 g/mol. The number of rotatable bonds is 4. The maximum atomic E-state index is 5.52. The van der Waals surface area contributed by atoms with E-state index < -0.39 is 0 Å². The Labute approximate surface area is 119 Å². The van der Waals surface area contributed by atoms with Crippen molar-refractivity contribution in [3.63, 3.8) is 0 Å². The number of hydrogen-bond acceptors (Lipinski definition) is 3. The van der Waals surface area contributed by atoms with Crippen molar-refractivity contribution in [1.29, 1.82) is 0 Å². The third-order valence-corrected chi connectivity index (χ3v) is 5.65. The summed E-state index contributed by atoms with van der Waals surface area (Å²) in [7, 11) is 0. The van der Waals surface area contributed by atoms with Gasteiger partial charge in [0.2, 0.25) is 0 Å². The van der Waals surface area contributed by atoms with Crippen LogP contribution in [0, 0.1) is 5.92 Å². The van der Waals surface area contributed by atoms with E-state index >= 15 is 0 Å². The van der Waals surface area contributed by atoms with Crippen molar-refractivity contribution < 1.29 is 4.74 Å². The summed E-state index contributed by atoms with van der Waals surface area (Å²) in [4.78, 5) is 2.76. The molecule has 0 radical (unpaired) electrons. The third kappa shape index (κ3) is 3.32. The molecule has 19 heavy (non-hydrogen) atoms. The van der Waals surface area contributed by atoms with Gasteiger partial charge < -0.3 is 10.1 Å². The first-order chi connectivity index (χ1) is 9.12. The monoisotopic (exact) mass is 268 g/mol. The number of nitrogens with one attached hydrogen (secondary N) is 1. The Morgan fingerprint density at radius 3 is 2.47 bits per heavy atom. The van der Waals surface area contributed by atoms with Crippen LogP contribution in [0.5, 0.6) is 0 Å². The molecule has 0 spiro atoms. The zero-order chi connectivity index (χ0) is 13.9. The van der Waals surface area contributed by atoms with Crippen molar-refractivity contribution in [3.05, 3.63) is 0 Å². The van der Waals surface area contributed by atoms with Crippen LogP contribution in [-0.4, -0.2) is 48.8 Å². The predicted octanol–water partition coefficient (Wildman–Crippen LogP) is 2.65. The molecule has 1 N–H and O–H groups in total. The largest absolute Gasteiger partial charge is 0.381 e. The Kier molecular flexibility index (Phi) is 5.27. The van der Waals surface area contributed by atoms with E-state index in [2.05, 4.69) is 37.9 Å². The Balaban J connectivity index is 2.03. The Bertz CT molecular complexity index is 272. The van der Waals surface area contributed by atoms with E-state index in [-0.39, 0.29) is 0 Å². The standard InChI is InChI=1S/C16H32N2O/c1-5-16(6-2)12-18(13(3)11-17-16)14(4)15-7-9-19-10-8-15/h13-15,17H,5-12H2,1-4H3. The fourth-order valence-corrected chi connectivity index (χ4v) is 3.78. The lowest BCUT2D eigenvalue weighted by atomic mass is 9.85. The van der Waals surface area contributed by atoms with Crippen LogP contribution in [0.1, 0.15) is 53.4 Å². The van der Waals surface area contributed by atoms with Crippen molar-refractivity contribution in [3.8, 4) is 0 Å². The molecule has 2 atom stereocenters. The van der Waals surface area contributed by atoms with Gasteiger partial charge >= 0.3 is 0 Å². The van der Waals surface area contributed by atoms with E-state index in [1.54, 1.807) is 0 Å². The molecule has 0 aromatic carbocycles.